The van der Waals surface area contributed by atoms with Gasteiger partial charge in [0, 0.05) is 6.54 Å². The van der Waals surface area contributed by atoms with E-state index in [1.165, 1.54) is 12.1 Å². The Bertz CT molecular complexity index is 615. The average molecular weight is 312 g/mol. The molecule has 1 aromatic rings. The minimum absolute atomic E-state index is 0.270. The molecule has 1 N–H and O–H groups in total. The molecule has 2 amide bonds. The standard InChI is InChI=1S/C15H15F3N2O2/c16-15(17,18)10-5-3-4-9(8-10)12-14(22)19-13(21)11-6-1-2-7-20(11)12/h3-5,8,11-12H,1-2,6-7H2,(H,19,21,22)/t11-,12-/m0/s1. The predicted octanol–water partition coefficient (Wildman–Crippen LogP) is 2.26. The summed E-state index contributed by atoms with van der Waals surface area (Å²) in [6.45, 7) is 0.532. The van der Waals surface area contributed by atoms with Gasteiger partial charge in [-0.1, -0.05) is 18.6 Å². The number of nitrogens with zero attached hydrogens (tertiary/aromatic N) is 1. The van der Waals surface area contributed by atoms with Crippen LogP contribution < -0.4 is 5.32 Å². The van der Waals surface area contributed by atoms with Crippen molar-refractivity contribution in [3.63, 3.8) is 0 Å². The summed E-state index contributed by atoms with van der Waals surface area (Å²) >= 11 is 0. The molecule has 0 aliphatic carbocycles. The van der Waals surface area contributed by atoms with Crippen LogP contribution in [-0.4, -0.2) is 29.3 Å². The highest BCUT2D eigenvalue weighted by molar-refractivity contribution is 6.03. The zero-order valence-corrected chi connectivity index (χ0v) is 11.7. The predicted molar refractivity (Wildman–Crippen MR) is 71.7 cm³/mol. The number of hydrogen-bond donors (Lipinski definition) is 1. The van der Waals surface area contributed by atoms with Gasteiger partial charge in [-0.25, -0.2) is 0 Å². The third-order valence-electron chi connectivity index (χ3n) is 4.20. The maximum absolute atomic E-state index is 12.9. The summed E-state index contributed by atoms with van der Waals surface area (Å²) in [5, 5.41) is 2.28. The first-order valence-electron chi connectivity index (χ1n) is 7.15. The van der Waals surface area contributed by atoms with Crippen LogP contribution in [0, 0.1) is 0 Å². The van der Waals surface area contributed by atoms with Crippen molar-refractivity contribution in [2.75, 3.05) is 6.54 Å². The Kier molecular flexibility index (Phi) is 3.68. The van der Waals surface area contributed by atoms with E-state index in [0.717, 1.165) is 25.0 Å². The smallest absolute Gasteiger partial charge is 0.293 e. The van der Waals surface area contributed by atoms with Crippen LogP contribution in [0.2, 0.25) is 0 Å². The number of carbonyl (C=O) groups excluding carboxylic acids is 2. The Hall–Kier alpha value is -1.89. The summed E-state index contributed by atoms with van der Waals surface area (Å²) in [7, 11) is 0. The molecule has 7 heteroatoms. The van der Waals surface area contributed by atoms with Crippen LogP contribution in [0.5, 0.6) is 0 Å². The fraction of sp³-hybridized carbons (Fsp3) is 0.467. The van der Waals surface area contributed by atoms with E-state index in [1.54, 1.807) is 4.90 Å². The maximum atomic E-state index is 12.9. The number of imide groups is 1. The van der Waals surface area contributed by atoms with E-state index in [4.69, 9.17) is 0 Å². The Morgan fingerprint density at radius 1 is 1.14 bits per heavy atom. The number of rotatable bonds is 1. The fourth-order valence-corrected chi connectivity index (χ4v) is 3.20. The molecule has 118 valence electrons. The van der Waals surface area contributed by atoms with Gasteiger partial charge in [-0.05, 0) is 30.5 Å². The van der Waals surface area contributed by atoms with Crippen molar-refractivity contribution in [2.45, 2.75) is 37.5 Å². The van der Waals surface area contributed by atoms with E-state index in [2.05, 4.69) is 5.32 Å². The molecule has 3 rings (SSSR count). The quantitative estimate of drug-likeness (QED) is 0.809. The molecule has 4 nitrogen and oxygen atoms in total. The molecular weight excluding hydrogens is 297 g/mol. The molecular formula is C15H15F3N2O2. The highest BCUT2D eigenvalue weighted by Gasteiger charge is 2.43. The van der Waals surface area contributed by atoms with E-state index >= 15 is 0 Å². The number of alkyl halides is 3. The second-order valence-corrected chi connectivity index (χ2v) is 5.63. The highest BCUT2D eigenvalue weighted by Crippen LogP contribution is 2.35. The molecule has 2 atom stereocenters. The van der Waals surface area contributed by atoms with Crippen molar-refractivity contribution in [1.29, 1.82) is 0 Å². The normalized spacial score (nSPS) is 26.5. The van der Waals surface area contributed by atoms with Crippen LogP contribution in [0.15, 0.2) is 24.3 Å². The zero-order valence-electron chi connectivity index (χ0n) is 11.7. The molecule has 2 aliphatic heterocycles. The summed E-state index contributed by atoms with van der Waals surface area (Å²) in [6, 6.07) is 3.48. The van der Waals surface area contributed by atoms with Gasteiger partial charge in [0.05, 0.1) is 11.6 Å². The van der Waals surface area contributed by atoms with Gasteiger partial charge >= 0.3 is 6.18 Å². The molecule has 0 radical (unpaired) electrons. The maximum Gasteiger partial charge on any atom is 0.416 e. The van der Waals surface area contributed by atoms with Crippen molar-refractivity contribution in [1.82, 2.24) is 10.2 Å². The summed E-state index contributed by atoms with van der Waals surface area (Å²) in [4.78, 5) is 25.8. The van der Waals surface area contributed by atoms with Gasteiger partial charge in [-0.3, -0.25) is 19.8 Å². The minimum Gasteiger partial charge on any atom is -0.293 e. The number of amides is 2. The lowest BCUT2D eigenvalue weighted by atomic mass is 9.92. The molecule has 0 aromatic heterocycles. The van der Waals surface area contributed by atoms with Gasteiger partial charge in [0.2, 0.25) is 11.8 Å². The average Bonchev–Trinajstić information content (AvgIpc) is 2.47. The molecule has 2 fully saturated rings. The number of piperidine rings is 1. The Labute approximate surface area is 125 Å². The number of nitrogens with one attached hydrogen (secondary N) is 1. The Balaban J connectivity index is 1.98. The lowest BCUT2D eigenvalue weighted by Crippen LogP contribution is -2.60. The monoisotopic (exact) mass is 312 g/mol. The lowest BCUT2D eigenvalue weighted by molar-refractivity contribution is -0.147. The molecule has 2 saturated heterocycles. The molecule has 2 heterocycles. The number of carbonyl (C=O) groups is 2. The van der Waals surface area contributed by atoms with Gasteiger partial charge in [-0.2, -0.15) is 13.2 Å². The molecule has 22 heavy (non-hydrogen) atoms. The third-order valence-corrected chi connectivity index (χ3v) is 4.20. The highest BCUT2D eigenvalue weighted by atomic mass is 19.4. The summed E-state index contributed by atoms with van der Waals surface area (Å²) in [6.07, 6.45) is -2.14. The van der Waals surface area contributed by atoms with Gasteiger partial charge in [-0.15, -0.1) is 0 Å². The SMILES string of the molecule is O=C1NC(=O)[C@@H]2CCCCN2[C@H]1c1cccc(C(F)(F)F)c1. The first kappa shape index (κ1) is 15.0. The van der Waals surface area contributed by atoms with Crippen molar-refractivity contribution in [3.05, 3.63) is 35.4 Å². The van der Waals surface area contributed by atoms with E-state index in [-0.39, 0.29) is 11.5 Å². The molecule has 1 aromatic carbocycles. The van der Waals surface area contributed by atoms with Gasteiger partial charge in [0.15, 0.2) is 0 Å². The molecule has 0 bridgehead atoms. The van der Waals surface area contributed by atoms with Crippen molar-refractivity contribution >= 4 is 11.8 Å². The van der Waals surface area contributed by atoms with Crippen LogP contribution in [0.4, 0.5) is 13.2 Å². The number of hydrogen-bond acceptors (Lipinski definition) is 3. The lowest BCUT2D eigenvalue weighted by Gasteiger charge is -2.43. The topological polar surface area (TPSA) is 49.4 Å². The summed E-state index contributed by atoms with van der Waals surface area (Å²) in [5.74, 6) is -0.907. The molecule has 2 aliphatic rings. The van der Waals surface area contributed by atoms with E-state index in [0.29, 0.717) is 13.0 Å². The van der Waals surface area contributed by atoms with E-state index in [1.807, 2.05) is 0 Å². The Morgan fingerprint density at radius 2 is 1.91 bits per heavy atom. The second-order valence-electron chi connectivity index (χ2n) is 5.63. The number of halogens is 3. The molecule has 0 spiro atoms. The van der Waals surface area contributed by atoms with Crippen LogP contribution in [0.25, 0.3) is 0 Å². The third kappa shape index (κ3) is 2.61. The van der Waals surface area contributed by atoms with E-state index < -0.39 is 29.7 Å². The molecule has 0 unspecified atom stereocenters. The van der Waals surface area contributed by atoms with Crippen molar-refractivity contribution in [2.24, 2.45) is 0 Å². The van der Waals surface area contributed by atoms with Crippen LogP contribution in [0.1, 0.15) is 36.4 Å². The number of fused-ring (bicyclic) bond motifs is 1. The van der Waals surface area contributed by atoms with Crippen molar-refractivity contribution < 1.29 is 22.8 Å². The van der Waals surface area contributed by atoms with Crippen LogP contribution in [0.3, 0.4) is 0 Å². The van der Waals surface area contributed by atoms with Crippen LogP contribution >= 0.6 is 0 Å². The number of piperazine rings is 1. The van der Waals surface area contributed by atoms with Crippen molar-refractivity contribution in [3.8, 4) is 0 Å². The largest absolute Gasteiger partial charge is 0.416 e. The zero-order chi connectivity index (χ0) is 15.9. The summed E-state index contributed by atoms with van der Waals surface area (Å²) < 4.78 is 38.6. The van der Waals surface area contributed by atoms with Gasteiger partial charge in [0.1, 0.15) is 6.04 Å². The number of benzene rings is 1. The Morgan fingerprint density at radius 3 is 2.64 bits per heavy atom. The van der Waals surface area contributed by atoms with Crippen LogP contribution in [-0.2, 0) is 15.8 Å². The minimum atomic E-state index is -4.46. The van der Waals surface area contributed by atoms with E-state index in [9.17, 15) is 22.8 Å². The second kappa shape index (κ2) is 5.39. The van der Waals surface area contributed by atoms with Gasteiger partial charge in [0.25, 0.3) is 0 Å². The van der Waals surface area contributed by atoms with Gasteiger partial charge < -0.3 is 0 Å². The summed E-state index contributed by atoms with van der Waals surface area (Å²) in [5.41, 5.74) is -0.519. The molecule has 0 saturated carbocycles. The fourth-order valence-electron chi connectivity index (χ4n) is 3.20. The first-order chi connectivity index (χ1) is 10.4. The first-order valence-corrected chi connectivity index (χ1v) is 7.15.